The highest BCUT2D eigenvalue weighted by atomic mass is 16.5. The first kappa shape index (κ1) is 18.0. The molecule has 0 aromatic carbocycles. The van der Waals surface area contributed by atoms with Crippen LogP contribution in [-0.2, 0) is 9.53 Å². The number of carbonyl (C=O) groups is 1. The Balaban J connectivity index is 1.83. The number of hydrogen-bond donors (Lipinski definition) is 2. The Bertz CT molecular complexity index is 407. The van der Waals surface area contributed by atoms with Crippen LogP contribution in [0.5, 0.6) is 0 Å². The van der Waals surface area contributed by atoms with E-state index in [1.165, 1.54) is 39.3 Å². The Morgan fingerprint density at radius 1 is 1.35 bits per heavy atom. The maximum Gasteiger partial charge on any atom is 0.310 e. The Morgan fingerprint density at radius 2 is 2.09 bits per heavy atom. The van der Waals surface area contributed by atoms with Crippen LogP contribution < -0.4 is 10.6 Å². The highest BCUT2D eigenvalue weighted by molar-refractivity contribution is 5.80. The maximum absolute atomic E-state index is 11.5. The van der Waals surface area contributed by atoms with E-state index >= 15 is 0 Å². The van der Waals surface area contributed by atoms with Gasteiger partial charge in [-0.2, -0.15) is 0 Å². The number of aliphatic imine (C=N–C) groups is 1. The number of esters is 1. The molecular formula is C17H32N4O2. The van der Waals surface area contributed by atoms with Gasteiger partial charge in [0.15, 0.2) is 5.96 Å². The molecule has 1 saturated heterocycles. The zero-order valence-electron chi connectivity index (χ0n) is 14.8. The van der Waals surface area contributed by atoms with Crippen LogP contribution in [0.15, 0.2) is 4.99 Å². The first-order valence-electron chi connectivity index (χ1n) is 9.00. The van der Waals surface area contributed by atoms with Crippen LogP contribution in [0.3, 0.4) is 0 Å². The second-order valence-electron chi connectivity index (χ2n) is 6.71. The van der Waals surface area contributed by atoms with Gasteiger partial charge in [-0.15, -0.1) is 0 Å². The van der Waals surface area contributed by atoms with E-state index < -0.39 is 0 Å². The van der Waals surface area contributed by atoms with Gasteiger partial charge in [0.1, 0.15) is 0 Å². The molecule has 0 aromatic rings. The summed E-state index contributed by atoms with van der Waals surface area (Å²) in [6, 6.07) is 1.24. The third-order valence-electron chi connectivity index (χ3n) is 4.87. The molecule has 0 radical (unpaired) electrons. The molecule has 2 unspecified atom stereocenters. The second kappa shape index (κ2) is 9.11. The van der Waals surface area contributed by atoms with Crippen LogP contribution in [0.25, 0.3) is 0 Å². The van der Waals surface area contributed by atoms with E-state index in [-0.39, 0.29) is 11.9 Å². The fourth-order valence-corrected chi connectivity index (χ4v) is 3.52. The van der Waals surface area contributed by atoms with Crippen molar-refractivity contribution in [1.82, 2.24) is 15.5 Å². The third kappa shape index (κ3) is 5.37. The van der Waals surface area contributed by atoms with Crippen molar-refractivity contribution in [3.8, 4) is 0 Å². The van der Waals surface area contributed by atoms with Crippen molar-refractivity contribution in [2.75, 3.05) is 33.3 Å². The minimum Gasteiger partial charge on any atom is -0.469 e. The number of ether oxygens (including phenoxy) is 1. The van der Waals surface area contributed by atoms with Crippen LogP contribution >= 0.6 is 0 Å². The predicted octanol–water partition coefficient (Wildman–Crippen LogP) is 1.37. The van der Waals surface area contributed by atoms with E-state index in [1.54, 1.807) is 0 Å². The number of carbonyl (C=O) groups excluding carboxylic acids is 1. The Kier molecular flexibility index (Phi) is 7.15. The molecule has 2 N–H and O–H groups in total. The van der Waals surface area contributed by atoms with Gasteiger partial charge in [-0.1, -0.05) is 19.8 Å². The van der Waals surface area contributed by atoms with Crippen LogP contribution in [0.4, 0.5) is 0 Å². The van der Waals surface area contributed by atoms with Gasteiger partial charge in [0, 0.05) is 31.7 Å². The Hall–Kier alpha value is -1.30. The fraction of sp³-hybridized carbons (Fsp3) is 0.882. The molecule has 0 bridgehead atoms. The lowest BCUT2D eigenvalue weighted by Gasteiger charge is -2.24. The standard InChI is InChI=1S/C17H32N4O2/c1-4-18-17(19-11-13(2)16(22)23-3)20-14-9-10-21(12-14)15-7-5-6-8-15/h13-15H,4-12H2,1-3H3,(H2,18,19,20). The van der Waals surface area contributed by atoms with Crippen molar-refractivity contribution in [3.05, 3.63) is 0 Å². The van der Waals surface area contributed by atoms with Crippen LogP contribution in [-0.4, -0.2) is 62.2 Å². The van der Waals surface area contributed by atoms with Crippen molar-refractivity contribution < 1.29 is 9.53 Å². The number of hydrogen-bond acceptors (Lipinski definition) is 4. The van der Waals surface area contributed by atoms with E-state index in [9.17, 15) is 4.79 Å². The van der Waals surface area contributed by atoms with Gasteiger partial charge in [0.2, 0.25) is 0 Å². The fourth-order valence-electron chi connectivity index (χ4n) is 3.52. The van der Waals surface area contributed by atoms with Crippen molar-refractivity contribution >= 4 is 11.9 Å². The topological polar surface area (TPSA) is 66.0 Å². The molecule has 0 amide bonds. The molecule has 2 rings (SSSR count). The highest BCUT2D eigenvalue weighted by Gasteiger charge is 2.30. The molecule has 0 spiro atoms. The Labute approximate surface area is 140 Å². The summed E-state index contributed by atoms with van der Waals surface area (Å²) in [5.74, 6) is 0.383. The Morgan fingerprint density at radius 3 is 2.74 bits per heavy atom. The summed E-state index contributed by atoms with van der Waals surface area (Å²) < 4.78 is 4.75. The quantitative estimate of drug-likeness (QED) is 0.439. The van der Waals surface area contributed by atoms with E-state index in [2.05, 4.69) is 27.4 Å². The van der Waals surface area contributed by atoms with Crippen molar-refractivity contribution in [3.63, 3.8) is 0 Å². The van der Waals surface area contributed by atoms with Gasteiger partial charge in [0.05, 0.1) is 19.6 Å². The average Bonchev–Trinajstić information content (AvgIpc) is 3.22. The molecule has 6 heteroatoms. The molecule has 1 aliphatic heterocycles. The lowest BCUT2D eigenvalue weighted by Crippen LogP contribution is -2.45. The molecule has 0 aromatic heterocycles. The molecule has 6 nitrogen and oxygen atoms in total. The number of nitrogens with zero attached hydrogens (tertiary/aromatic N) is 2. The number of methoxy groups -OCH3 is 1. The van der Waals surface area contributed by atoms with E-state index in [1.807, 2.05) is 6.92 Å². The molecule has 23 heavy (non-hydrogen) atoms. The molecule has 2 fully saturated rings. The number of nitrogens with one attached hydrogen (secondary N) is 2. The van der Waals surface area contributed by atoms with E-state index in [0.29, 0.717) is 12.6 Å². The first-order chi connectivity index (χ1) is 11.1. The highest BCUT2D eigenvalue weighted by Crippen LogP contribution is 2.26. The minimum absolute atomic E-state index is 0.210. The largest absolute Gasteiger partial charge is 0.469 e. The van der Waals surface area contributed by atoms with Crippen molar-refractivity contribution in [2.45, 2.75) is 58.0 Å². The SMILES string of the molecule is CCNC(=NCC(C)C(=O)OC)NC1CCN(C2CCCC2)C1. The second-order valence-corrected chi connectivity index (χ2v) is 6.71. The summed E-state index contributed by atoms with van der Waals surface area (Å²) in [6.07, 6.45) is 6.64. The number of guanidine groups is 1. The van der Waals surface area contributed by atoms with Gasteiger partial charge in [-0.3, -0.25) is 14.7 Å². The van der Waals surface area contributed by atoms with Gasteiger partial charge >= 0.3 is 5.97 Å². The summed E-state index contributed by atoms with van der Waals surface area (Å²) in [7, 11) is 1.42. The monoisotopic (exact) mass is 324 g/mol. The molecule has 1 heterocycles. The lowest BCUT2D eigenvalue weighted by molar-refractivity contribution is -0.144. The van der Waals surface area contributed by atoms with Gasteiger partial charge in [-0.25, -0.2) is 0 Å². The smallest absolute Gasteiger partial charge is 0.310 e. The lowest BCUT2D eigenvalue weighted by atomic mass is 10.2. The predicted molar refractivity (Wildman–Crippen MR) is 92.5 cm³/mol. The number of likely N-dealkylation sites (tertiary alicyclic amines) is 1. The summed E-state index contributed by atoms with van der Waals surface area (Å²) in [5, 5.41) is 6.80. The van der Waals surface area contributed by atoms with Crippen LogP contribution in [0, 0.1) is 5.92 Å². The van der Waals surface area contributed by atoms with E-state index in [0.717, 1.165) is 31.5 Å². The van der Waals surface area contributed by atoms with Gasteiger partial charge in [-0.05, 0) is 26.2 Å². The van der Waals surface area contributed by atoms with Crippen molar-refractivity contribution in [1.29, 1.82) is 0 Å². The first-order valence-corrected chi connectivity index (χ1v) is 9.00. The third-order valence-corrected chi connectivity index (χ3v) is 4.87. The molecule has 132 valence electrons. The zero-order chi connectivity index (χ0) is 16.7. The summed E-state index contributed by atoms with van der Waals surface area (Å²) >= 11 is 0. The average molecular weight is 324 g/mol. The molecule has 1 aliphatic carbocycles. The normalized spacial score (nSPS) is 24.7. The van der Waals surface area contributed by atoms with Crippen LogP contribution in [0.2, 0.25) is 0 Å². The summed E-state index contributed by atoms with van der Waals surface area (Å²) in [4.78, 5) is 18.7. The minimum atomic E-state index is -0.214. The summed E-state index contributed by atoms with van der Waals surface area (Å²) in [5.41, 5.74) is 0. The zero-order valence-corrected chi connectivity index (χ0v) is 14.8. The van der Waals surface area contributed by atoms with Gasteiger partial charge in [0.25, 0.3) is 0 Å². The van der Waals surface area contributed by atoms with Gasteiger partial charge < -0.3 is 15.4 Å². The molecule has 2 atom stereocenters. The molecule has 2 aliphatic rings. The summed E-state index contributed by atoms with van der Waals surface area (Å²) in [6.45, 7) is 7.44. The molecule has 1 saturated carbocycles. The van der Waals surface area contributed by atoms with Crippen LogP contribution in [0.1, 0.15) is 46.0 Å². The number of rotatable bonds is 6. The maximum atomic E-state index is 11.5. The van der Waals surface area contributed by atoms with E-state index in [4.69, 9.17) is 4.74 Å². The van der Waals surface area contributed by atoms with Crippen molar-refractivity contribution in [2.24, 2.45) is 10.9 Å². The molecular weight excluding hydrogens is 292 g/mol.